The van der Waals surface area contributed by atoms with Gasteiger partial charge in [0.15, 0.2) is 6.67 Å². The molecule has 0 spiro atoms. The Morgan fingerprint density at radius 1 is 1.33 bits per heavy atom. The first kappa shape index (κ1) is 11.3. The molecule has 1 rings (SSSR count). The number of ether oxygens (including phenoxy) is 1. The first-order valence-electron chi connectivity index (χ1n) is 3.88. The molecule has 15 heavy (non-hydrogen) atoms. The molecule has 0 saturated heterocycles. The van der Waals surface area contributed by atoms with Crippen molar-refractivity contribution in [2.75, 3.05) is 6.67 Å². The molecule has 0 amide bonds. The van der Waals surface area contributed by atoms with Gasteiger partial charge in [0.1, 0.15) is 5.75 Å². The van der Waals surface area contributed by atoms with Crippen LogP contribution in [0.2, 0.25) is 0 Å². The van der Waals surface area contributed by atoms with Crippen LogP contribution in [0.1, 0.15) is 0 Å². The van der Waals surface area contributed by atoms with Gasteiger partial charge in [-0.3, -0.25) is 0 Å². The zero-order chi connectivity index (χ0) is 11.3. The van der Waals surface area contributed by atoms with Gasteiger partial charge in [0, 0.05) is 0 Å². The first-order valence-corrected chi connectivity index (χ1v) is 3.88. The topological polar surface area (TPSA) is 38.7 Å². The summed E-state index contributed by atoms with van der Waals surface area (Å²) in [6.45, 7) is -1.90. The third-order valence-corrected chi connectivity index (χ3v) is 1.43. The summed E-state index contributed by atoms with van der Waals surface area (Å²) in [5.74, 6) is -0.206. The van der Waals surface area contributed by atoms with Gasteiger partial charge in [-0.05, 0) is 24.3 Å². The van der Waals surface area contributed by atoms with Crippen LogP contribution in [-0.2, 0) is 4.79 Å². The summed E-state index contributed by atoms with van der Waals surface area (Å²) in [5.41, 5.74) is 0.251. The van der Waals surface area contributed by atoms with E-state index in [1.54, 1.807) is 0 Å². The van der Waals surface area contributed by atoms with Crippen molar-refractivity contribution in [3.8, 4) is 5.75 Å². The molecule has 0 radical (unpaired) electrons. The number of aliphatic imine (C=N–C) groups is 1. The second kappa shape index (κ2) is 4.61. The molecule has 0 saturated carbocycles. The summed E-state index contributed by atoms with van der Waals surface area (Å²) >= 11 is 0. The van der Waals surface area contributed by atoms with Crippen molar-refractivity contribution in [1.82, 2.24) is 0 Å². The minimum atomic E-state index is -3.84. The Morgan fingerprint density at radius 3 is 2.40 bits per heavy atom. The Hall–Kier alpha value is -1.81. The van der Waals surface area contributed by atoms with Crippen molar-refractivity contribution in [2.24, 2.45) is 4.99 Å². The third kappa shape index (κ3) is 3.44. The Morgan fingerprint density at radius 2 is 1.93 bits per heavy atom. The molecule has 1 aromatic rings. The van der Waals surface area contributed by atoms with Crippen molar-refractivity contribution in [1.29, 1.82) is 0 Å². The van der Waals surface area contributed by atoms with Crippen LogP contribution in [0, 0.1) is 0 Å². The highest BCUT2D eigenvalue weighted by molar-refractivity contribution is 5.50. The molecule has 0 aliphatic carbocycles. The molecule has 0 fully saturated rings. The maximum Gasteiger partial charge on any atom is 0.427 e. The predicted octanol–water partition coefficient (Wildman–Crippen LogP) is 2.60. The van der Waals surface area contributed by atoms with Crippen LogP contribution in [-0.4, -0.2) is 18.9 Å². The van der Waals surface area contributed by atoms with Crippen molar-refractivity contribution in [3.63, 3.8) is 0 Å². The SMILES string of the molecule is O=C=Nc1ccc(OC(F)(F)CF)cc1. The minimum absolute atomic E-state index is 0.206. The van der Waals surface area contributed by atoms with E-state index < -0.39 is 12.8 Å². The summed E-state index contributed by atoms with van der Waals surface area (Å²) in [6.07, 6.45) is -2.55. The fourth-order valence-electron chi connectivity index (χ4n) is 0.841. The Kier molecular flexibility index (Phi) is 3.46. The van der Waals surface area contributed by atoms with Crippen molar-refractivity contribution >= 4 is 11.8 Å². The van der Waals surface area contributed by atoms with E-state index in [2.05, 4.69) is 9.73 Å². The van der Waals surface area contributed by atoms with Crippen LogP contribution in [0.15, 0.2) is 29.3 Å². The van der Waals surface area contributed by atoms with Gasteiger partial charge in [0.05, 0.1) is 5.69 Å². The Bertz CT molecular complexity index is 371. The van der Waals surface area contributed by atoms with Gasteiger partial charge >= 0.3 is 6.11 Å². The largest absolute Gasteiger partial charge is 0.431 e. The molecule has 0 atom stereocenters. The number of hydrogen-bond acceptors (Lipinski definition) is 3. The molecule has 0 bridgehead atoms. The fourth-order valence-corrected chi connectivity index (χ4v) is 0.841. The van der Waals surface area contributed by atoms with Crippen LogP contribution >= 0.6 is 0 Å². The van der Waals surface area contributed by atoms with E-state index in [1.807, 2.05) is 0 Å². The zero-order valence-corrected chi connectivity index (χ0v) is 7.41. The van der Waals surface area contributed by atoms with Crippen LogP contribution in [0.3, 0.4) is 0 Å². The number of benzene rings is 1. The molecule has 0 aliphatic rings. The first-order chi connectivity index (χ1) is 7.07. The smallest absolute Gasteiger partial charge is 0.427 e. The van der Waals surface area contributed by atoms with Crippen LogP contribution in [0.25, 0.3) is 0 Å². The van der Waals surface area contributed by atoms with E-state index in [-0.39, 0.29) is 11.4 Å². The lowest BCUT2D eigenvalue weighted by Gasteiger charge is -2.13. The maximum absolute atomic E-state index is 12.4. The number of isocyanates is 1. The second-order valence-electron chi connectivity index (χ2n) is 2.57. The molecular weight excluding hydrogens is 211 g/mol. The zero-order valence-electron chi connectivity index (χ0n) is 7.41. The molecule has 0 aromatic heterocycles. The number of hydrogen-bond donors (Lipinski definition) is 0. The Balaban J connectivity index is 2.76. The molecule has 0 aliphatic heterocycles. The summed E-state index contributed by atoms with van der Waals surface area (Å²) in [6, 6.07) is 4.85. The molecule has 0 unspecified atom stereocenters. The standard InChI is InChI=1S/C9H6F3NO2/c10-5-9(11,12)15-8-3-1-7(2-4-8)13-6-14/h1-4H,5H2. The second-order valence-corrected chi connectivity index (χ2v) is 2.57. The van der Waals surface area contributed by atoms with Crippen molar-refractivity contribution < 1.29 is 22.7 Å². The van der Waals surface area contributed by atoms with Gasteiger partial charge in [-0.25, -0.2) is 9.18 Å². The molecular formula is C9H6F3NO2. The average molecular weight is 217 g/mol. The lowest BCUT2D eigenvalue weighted by atomic mass is 10.3. The summed E-state index contributed by atoms with van der Waals surface area (Å²) in [4.78, 5) is 13.1. The molecule has 0 heterocycles. The quantitative estimate of drug-likeness (QED) is 0.574. The van der Waals surface area contributed by atoms with E-state index in [0.717, 1.165) is 12.1 Å². The summed E-state index contributed by atoms with van der Waals surface area (Å²) in [7, 11) is 0. The molecule has 1 aromatic carbocycles. The minimum Gasteiger partial charge on any atom is -0.431 e. The molecule has 6 heteroatoms. The van der Waals surface area contributed by atoms with Gasteiger partial charge in [-0.15, -0.1) is 0 Å². The Labute approximate surface area is 83.2 Å². The third-order valence-electron chi connectivity index (χ3n) is 1.43. The highest BCUT2D eigenvalue weighted by atomic mass is 19.3. The van der Waals surface area contributed by atoms with Crippen LogP contribution in [0.5, 0.6) is 5.75 Å². The van der Waals surface area contributed by atoms with Crippen LogP contribution < -0.4 is 4.74 Å². The van der Waals surface area contributed by atoms with E-state index in [0.29, 0.717) is 0 Å². The van der Waals surface area contributed by atoms with Crippen molar-refractivity contribution in [3.05, 3.63) is 24.3 Å². The highest BCUT2D eigenvalue weighted by Gasteiger charge is 2.31. The van der Waals surface area contributed by atoms with E-state index in [1.165, 1.54) is 18.2 Å². The number of alkyl halides is 3. The van der Waals surface area contributed by atoms with E-state index >= 15 is 0 Å². The summed E-state index contributed by atoms with van der Waals surface area (Å²) < 4.78 is 40.6. The fraction of sp³-hybridized carbons (Fsp3) is 0.222. The molecule has 80 valence electrons. The van der Waals surface area contributed by atoms with Gasteiger partial charge in [-0.1, -0.05) is 0 Å². The van der Waals surface area contributed by atoms with E-state index in [9.17, 15) is 18.0 Å². The molecule has 0 N–H and O–H groups in total. The monoisotopic (exact) mass is 217 g/mol. The maximum atomic E-state index is 12.4. The van der Waals surface area contributed by atoms with Gasteiger partial charge < -0.3 is 4.74 Å². The van der Waals surface area contributed by atoms with Crippen LogP contribution in [0.4, 0.5) is 18.9 Å². The number of carbonyl (C=O) groups excluding carboxylic acids is 1. The predicted molar refractivity (Wildman–Crippen MR) is 45.8 cm³/mol. The van der Waals surface area contributed by atoms with Gasteiger partial charge in [0.2, 0.25) is 6.08 Å². The normalized spacial score (nSPS) is 10.6. The average Bonchev–Trinajstić information content (AvgIpc) is 2.21. The van der Waals surface area contributed by atoms with Gasteiger partial charge in [0.25, 0.3) is 0 Å². The number of nitrogens with zero attached hydrogens (tertiary/aromatic N) is 1. The number of rotatable bonds is 4. The lowest BCUT2D eigenvalue weighted by molar-refractivity contribution is -0.186. The number of halogens is 3. The lowest BCUT2D eigenvalue weighted by Crippen LogP contribution is -2.26. The summed E-state index contributed by atoms with van der Waals surface area (Å²) in [5, 5.41) is 0. The highest BCUT2D eigenvalue weighted by Crippen LogP contribution is 2.24. The van der Waals surface area contributed by atoms with Gasteiger partial charge in [-0.2, -0.15) is 13.8 Å². The van der Waals surface area contributed by atoms with E-state index in [4.69, 9.17) is 0 Å². The molecule has 3 nitrogen and oxygen atoms in total. The van der Waals surface area contributed by atoms with Crippen molar-refractivity contribution in [2.45, 2.75) is 6.11 Å².